The molecule has 0 radical (unpaired) electrons. The van der Waals surface area contributed by atoms with Crippen molar-refractivity contribution in [3.05, 3.63) is 29.6 Å². The summed E-state index contributed by atoms with van der Waals surface area (Å²) in [5.41, 5.74) is 7.86. The number of aryl methyl sites for hydroxylation is 1. The van der Waals surface area contributed by atoms with Gasteiger partial charge in [-0.25, -0.2) is 4.79 Å². The molecule has 2 N–H and O–H groups in total. The number of amidine groups is 1. The summed E-state index contributed by atoms with van der Waals surface area (Å²) in [6.45, 7) is 5.88. The van der Waals surface area contributed by atoms with Gasteiger partial charge in [-0.1, -0.05) is 0 Å². The Kier molecular flexibility index (Phi) is 2.83. The SMILES string of the molecule is Cc1ccncc1C1C(N)=NC(=O)N1C(C)C. The normalized spacial score (nSPS) is 20.0. The van der Waals surface area contributed by atoms with Crippen molar-refractivity contribution in [3.63, 3.8) is 0 Å². The monoisotopic (exact) mass is 232 g/mol. The smallest absolute Gasteiger partial charge is 0.346 e. The highest BCUT2D eigenvalue weighted by Gasteiger charge is 2.36. The average Bonchev–Trinajstić information content (AvgIpc) is 2.54. The molecular weight excluding hydrogens is 216 g/mol. The van der Waals surface area contributed by atoms with Crippen LogP contribution in [-0.2, 0) is 0 Å². The summed E-state index contributed by atoms with van der Waals surface area (Å²) in [6, 6.07) is 1.41. The maximum Gasteiger partial charge on any atom is 0.346 e. The number of nitrogens with zero attached hydrogens (tertiary/aromatic N) is 3. The van der Waals surface area contributed by atoms with Gasteiger partial charge in [0.25, 0.3) is 0 Å². The predicted molar refractivity (Wildman–Crippen MR) is 65.7 cm³/mol. The van der Waals surface area contributed by atoms with Crippen molar-refractivity contribution in [1.82, 2.24) is 9.88 Å². The largest absolute Gasteiger partial charge is 0.385 e. The molecule has 0 saturated carbocycles. The molecule has 2 amide bonds. The molecule has 2 heterocycles. The molecule has 5 nitrogen and oxygen atoms in total. The minimum atomic E-state index is -0.281. The third-order valence-electron chi connectivity index (χ3n) is 2.93. The molecular formula is C12H16N4O. The van der Waals surface area contributed by atoms with Crippen LogP contribution in [0.1, 0.15) is 31.0 Å². The molecule has 0 aliphatic carbocycles. The fourth-order valence-electron chi connectivity index (χ4n) is 2.07. The molecule has 1 atom stereocenters. The van der Waals surface area contributed by atoms with Gasteiger partial charge >= 0.3 is 6.03 Å². The lowest BCUT2D eigenvalue weighted by atomic mass is 10.0. The number of carbonyl (C=O) groups excluding carboxylic acids is 1. The van der Waals surface area contributed by atoms with E-state index in [9.17, 15) is 4.79 Å². The number of aliphatic imine (C=N–C) groups is 1. The van der Waals surface area contributed by atoms with Crippen LogP contribution in [0.25, 0.3) is 0 Å². The van der Waals surface area contributed by atoms with Crippen LogP contribution in [0.2, 0.25) is 0 Å². The van der Waals surface area contributed by atoms with Crippen LogP contribution in [0.5, 0.6) is 0 Å². The summed E-state index contributed by atoms with van der Waals surface area (Å²) < 4.78 is 0. The highest BCUT2D eigenvalue weighted by atomic mass is 16.2. The van der Waals surface area contributed by atoms with Gasteiger partial charge in [-0.15, -0.1) is 0 Å². The number of urea groups is 1. The zero-order chi connectivity index (χ0) is 12.6. The van der Waals surface area contributed by atoms with Gasteiger partial charge in [-0.05, 0) is 32.4 Å². The molecule has 5 heteroatoms. The van der Waals surface area contributed by atoms with E-state index in [2.05, 4.69) is 9.98 Å². The van der Waals surface area contributed by atoms with Gasteiger partial charge in [-0.2, -0.15) is 4.99 Å². The number of carbonyl (C=O) groups is 1. The molecule has 17 heavy (non-hydrogen) atoms. The number of hydrogen-bond donors (Lipinski definition) is 1. The molecule has 1 aromatic rings. The second kappa shape index (κ2) is 4.16. The lowest BCUT2D eigenvalue weighted by molar-refractivity contribution is 0.190. The summed E-state index contributed by atoms with van der Waals surface area (Å²) in [7, 11) is 0. The number of nitrogens with two attached hydrogens (primary N) is 1. The highest BCUT2D eigenvalue weighted by molar-refractivity contribution is 6.03. The van der Waals surface area contributed by atoms with Gasteiger partial charge in [0.05, 0.1) is 0 Å². The summed E-state index contributed by atoms with van der Waals surface area (Å²) >= 11 is 0. The molecule has 0 bridgehead atoms. The van der Waals surface area contributed by atoms with Crippen LogP contribution in [0, 0.1) is 6.92 Å². The minimum Gasteiger partial charge on any atom is -0.385 e. The van der Waals surface area contributed by atoms with E-state index in [1.807, 2.05) is 26.8 Å². The van der Waals surface area contributed by atoms with Crippen molar-refractivity contribution >= 4 is 11.9 Å². The first-order valence-corrected chi connectivity index (χ1v) is 5.59. The Morgan fingerprint density at radius 3 is 2.76 bits per heavy atom. The first-order valence-electron chi connectivity index (χ1n) is 5.59. The lowest BCUT2D eigenvalue weighted by Crippen LogP contribution is -2.38. The second-order valence-corrected chi connectivity index (χ2v) is 4.46. The van der Waals surface area contributed by atoms with Crippen molar-refractivity contribution in [2.75, 3.05) is 0 Å². The third kappa shape index (κ3) is 1.88. The van der Waals surface area contributed by atoms with Gasteiger partial charge in [0.2, 0.25) is 0 Å². The molecule has 0 saturated heterocycles. The average molecular weight is 232 g/mol. The quantitative estimate of drug-likeness (QED) is 0.842. The van der Waals surface area contributed by atoms with E-state index < -0.39 is 0 Å². The summed E-state index contributed by atoms with van der Waals surface area (Å²) in [5, 5.41) is 0. The molecule has 2 rings (SSSR count). The van der Waals surface area contributed by atoms with Crippen molar-refractivity contribution in [2.24, 2.45) is 10.7 Å². The molecule has 0 aromatic carbocycles. The predicted octanol–water partition coefficient (Wildman–Crippen LogP) is 1.63. The van der Waals surface area contributed by atoms with Gasteiger partial charge in [0.1, 0.15) is 11.9 Å². The second-order valence-electron chi connectivity index (χ2n) is 4.46. The molecule has 1 unspecified atom stereocenters. The van der Waals surface area contributed by atoms with Crippen LogP contribution >= 0.6 is 0 Å². The van der Waals surface area contributed by atoms with Crippen molar-refractivity contribution in [3.8, 4) is 0 Å². The van der Waals surface area contributed by atoms with Crippen LogP contribution in [0.4, 0.5) is 4.79 Å². The van der Waals surface area contributed by atoms with Crippen molar-refractivity contribution in [1.29, 1.82) is 0 Å². The number of amides is 2. The Balaban J connectivity index is 2.46. The lowest BCUT2D eigenvalue weighted by Gasteiger charge is -2.28. The molecule has 0 fully saturated rings. The fourth-order valence-corrected chi connectivity index (χ4v) is 2.07. The van der Waals surface area contributed by atoms with E-state index in [1.54, 1.807) is 17.3 Å². The van der Waals surface area contributed by atoms with Gasteiger partial charge in [-0.3, -0.25) is 4.98 Å². The molecule has 1 aromatic heterocycles. The Morgan fingerprint density at radius 2 is 2.18 bits per heavy atom. The Bertz CT molecular complexity index is 481. The maximum atomic E-state index is 11.8. The Hall–Kier alpha value is -1.91. The topological polar surface area (TPSA) is 71.6 Å². The molecule has 1 aliphatic rings. The Labute approximate surface area is 100 Å². The summed E-state index contributed by atoms with van der Waals surface area (Å²) in [5.74, 6) is 0.347. The molecule has 90 valence electrons. The first-order chi connectivity index (χ1) is 8.02. The standard InChI is InChI=1S/C12H16N4O/c1-7(2)16-10(11(13)15-12(16)17)9-6-14-5-4-8(9)3/h4-7,10H,1-3H3,(H2,13,15,17). The third-order valence-corrected chi connectivity index (χ3v) is 2.93. The van der Waals surface area contributed by atoms with Crippen LogP contribution in [0.15, 0.2) is 23.5 Å². The van der Waals surface area contributed by atoms with Gasteiger partial charge < -0.3 is 10.6 Å². The highest BCUT2D eigenvalue weighted by Crippen LogP contribution is 2.30. The van der Waals surface area contributed by atoms with E-state index in [0.717, 1.165) is 11.1 Å². The number of hydrogen-bond acceptors (Lipinski definition) is 3. The zero-order valence-electron chi connectivity index (χ0n) is 10.2. The van der Waals surface area contributed by atoms with E-state index >= 15 is 0 Å². The zero-order valence-corrected chi connectivity index (χ0v) is 10.2. The first kappa shape index (κ1) is 11.6. The van der Waals surface area contributed by atoms with Gasteiger partial charge in [0.15, 0.2) is 0 Å². The van der Waals surface area contributed by atoms with Crippen molar-refractivity contribution in [2.45, 2.75) is 32.9 Å². The van der Waals surface area contributed by atoms with Crippen molar-refractivity contribution < 1.29 is 4.79 Å². The maximum absolute atomic E-state index is 11.8. The van der Waals surface area contributed by atoms with E-state index in [0.29, 0.717) is 5.84 Å². The number of pyridine rings is 1. The van der Waals surface area contributed by atoms with E-state index in [-0.39, 0.29) is 18.1 Å². The van der Waals surface area contributed by atoms with Gasteiger partial charge in [0, 0.05) is 24.0 Å². The number of rotatable bonds is 2. The van der Waals surface area contributed by atoms with Crippen LogP contribution in [0.3, 0.4) is 0 Å². The summed E-state index contributed by atoms with van der Waals surface area (Å²) in [4.78, 5) is 21.4. The summed E-state index contributed by atoms with van der Waals surface area (Å²) in [6.07, 6.45) is 3.47. The van der Waals surface area contributed by atoms with Crippen LogP contribution in [-0.4, -0.2) is 27.8 Å². The molecule has 1 aliphatic heterocycles. The molecule has 0 spiro atoms. The Morgan fingerprint density at radius 1 is 1.47 bits per heavy atom. The van der Waals surface area contributed by atoms with E-state index in [1.165, 1.54) is 0 Å². The van der Waals surface area contributed by atoms with E-state index in [4.69, 9.17) is 5.73 Å². The fraction of sp³-hybridized carbons (Fsp3) is 0.417. The minimum absolute atomic E-state index is 0.0527. The number of aromatic nitrogens is 1. The van der Waals surface area contributed by atoms with Crippen LogP contribution < -0.4 is 5.73 Å².